The number of aliphatic carboxylic acids is 1. The van der Waals surface area contributed by atoms with E-state index in [1.807, 2.05) is 13.0 Å². The van der Waals surface area contributed by atoms with Crippen molar-refractivity contribution in [2.45, 2.75) is 39.0 Å². The van der Waals surface area contributed by atoms with E-state index in [1.165, 1.54) is 12.0 Å². The van der Waals surface area contributed by atoms with Crippen LogP contribution in [0.2, 0.25) is 0 Å². The van der Waals surface area contributed by atoms with Crippen LogP contribution in [-0.2, 0) is 9.53 Å². The molecule has 1 fully saturated rings. The molecule has 110 valence electrons. The van der Waals surface area contributed by atoms with Crippen LogP contribution in [0.4, 0.5) is 4.79 Å². The summed E-state index contributed by atoms with van der Waals surface area (Å²) in [5, 5.41) is 9.71. The van der Waals surface area contributed by atoms with Gasteiger partial charge >= 0.3 is 12.1 Å². The van der Waals surface area contributed by atoms with Gasteiger partial charge in [0.05, 0.1) is 12.5 Å². The van der Waals surface area contributed by atoms with Gasteiger partial charge in [0.1, 0.15) is 0 Å². The maximum atomic E-state index is 11.8. The number of rotatable bonds is 2. The van der Waals surface area contributed by atoms with Gasteiger partial charge in [0.25, 0.3) is 0 Å². The van der Waals surface area contributed by atoms with Crippen LogP contribution in [-0.4, -0.2) is 29.2 Å². The average molecular weight is 279 g/mol. The molecule has 1 unspecified atom stereocenters. The lowest BCUT2D eigenvalue weighted by Crippen LogP contribution is -2.42. The molecule has 0 saturated heterocycles. The Morgan fingerprint density at radius 2 is 2.00 bits per heavy atom. The molecule has 0 aromatic heterocycles. The largest absolute Gasteiger partial charge is 0.481 e. The third-order valence-electron chi connectivity index (χ3n) is 4.42. The molecule has 20 heavy (non-hydrogen) atoms. The van der Waals surface area contributed by atoms with Crippen molar-refractivity contribution in [1.29, 1.82) is 0 Å². The second-order valence-corrected chi connectivity index (χ2v) is 5.59. The molecule has 2 aliphatic rings. The molecule has 5 nitrogen and oxygen atoms in total. The van der Waals surface area contributed by atoms with Crippen LogP contribution in [0, 0.1) is 11.3 Å². The summed E-state index contributed by atoms with van der Waals surface area (Å²) < 4.78 is 4.67. The normalized spacial score (nSPS) is 25.0. The van der Waals surface area contributed by atoms with Crippen LogP contribution in [0.1, 0.15) is 39.0 Å². The highest BCUT2D eigenvalue weighted by molar-refractivity contribution is 5.77. The van der Waals surface area contributed by atoms with Crippen LogP contribution in [0.15, 0.2) is 24.0 Å². The number of amides is 1. The lowest BCUT2D eigenvalue weighted by atomic mass is 9.63. The van der Waals surface area contributed by atoms with Crippen molar-refractivity contribution in [3.05, 3.63) is 24.0 Å². The highest BCUT2D eigenvalue weighted by Crippen LogP contribution is 2.47. The first-order valence-corrected chi connectivity index (χ1v) is 6.97. The lowest BCUT2D eigenvalue weighted by Gasteiger charge is -2.40. The van der Waals surface area contributed by atoms with E-state index >= 15 is 0 Å². The number of methoxy groups -OCH3 is 1. The van der Waals surface area contributed by atoms with E-state index < -0.39 is 17.5 Å². The standard InChI is InChI=1S/C15H21NO4/c1-11-10-16(14(19)20-2)9-6-12(11)15(13(17)18)7-4-3-5-8-15/h6,9-10,12H,3-5,7-8H2,1-2H3,(H,17,18). The Labute approximate surface area is 118 Å². The Balaban J connectivity index is 2.27. The van der Waals surface area contributed by atoms with Crippen LogP contribution in [0.5, 0.6) is 0 Å². The van der Waals surface area contributed by atoms with Crippen LogP contribution >= 0.6 is 0 Å². The van der Waals surface area contributed by atoms with Crippen LogP contribution in [0.3, 0.4) is 0 Å². The van der Waals surface area contributed by atoms with E-state index in [0.29, 0.717) is 12.8 Å². The van der Waals surface area contributed by atoms with Gasteiger partial charge < -0.3 is 9.84 Å². The second-order valence-electron chi connectivity index (χ2n) is 5.59. The highest BCUT2D eigenvalue weighted by Gasteiger charge is 2.46. The molecule has 1 N–H and O–H groups in total. The molecule has 1 aliphatic carbocycles. The van der Waals surface area contributed by atoms with Gasteiger partial charge in [-0.25, -0.2) is 4.79 Å². The van der Waals surface area contributed by atoms with Crippen LogP contribution < -0.4 is 0 Å². The molecule has 1 atom stereocenters. The number of hydrogen-bond acceptors (Lipinski definition) is 3. The summed E-state index contributed by atoms with van der Waals surface area (Å²) in [6.45, 7) is 1.88. The smallest absolute Gasteiger partial charge is 0.417 e. The first kappa shape index (κ1) is 14.6. The van der Waals surface area contributed by atoms with Crippen molar-refractivity contribution >= 4 is 12.1 Å². The summed E-state index contributed by atoms with van der Waals surface area (Å²) in [5.41, 5.74) is 0.166. The lowest BCUT2D eigenvalue weighted by molar-refractivity contribution is -0.153. The van der Waals surface area contributed by atoms with Gasteiger partial charge in [0.15, 0.2) is 0 Å². The predicted octanol–water partition coefficient (Wildman–Crippen LogP) is 3.14. The number of carboxylic acid groups (broad SMARTS) is 1. The summed E-state index contributed by atoms with van der Waals surface area (Å²) >= 11 is 0. The maximum Gasteiger partial charge on any atom is 0.417 e. The van der Waals surface area contributed by atoms with E-state index in [-0.39, 0.29) is 5.92 Å². The Kier molecular flexibility index (Phi) is 4.16. The maximum absolute atomic E-state index is 11.8. The third kappa shape index (κ3) is 2.44. The minimum Gasteiger partial charge on any atom is -0.481 e. The minimum absolute atomic E-state index is 0.152. The van der Waals surface area contributed by atoms with Crippen molar-refractivity contribution in [3.8, 4) is 0 Å². The van der Waals surface area contributed by atoms with Gasteiger partial charge in [-0.2, -0.15) is 0 Å². The zero-order valence-electron chi connectivity index (χ0n) is 12.0. The summed E-state index contributed by atoms with van der Waals surface area (Å²) in [5.74, 6) is -0.882. The van der Waals surface area contributed by atoms with E-state index in [9.17, 15) is 14.7 Å². The van der Waals surface area contributed by atoms with Gasteiger partial charge in [0.2, 0.25) is 0 Å². The molecule has 2 rings (SSSR count). The topological polar surface area (TPSA) is 66.8 Å². The Bertz CT molecular complexity index is 460. The van der Waals surface area contributed by atoms with Gasteiger partial charge in [0, 0.05) is 18.3 Å². The van der Waals surface area contributed by atoms with Crippen LogP contribution in [0.25, 0.3) is 0 Å². The molecule has 1 amide bonds. The fourth-order valence-corrected chi connectivity index (χ4v) is 3.35. The number of carbonyl (C=O) groups excluding carboxylic acids is 1. The van der Waals surface area contributed by atoms with Crippen molar-refractivity contribution in [2.75, 3.05) is 7.11 Å². The molecule has 0 aromatic carbocycles. The number of allylic oxidation sites excluding steroid dienone is 2. The number of nitrogens with zero attached hydrogens (tertiary/aromatic N) is 1. The molecule has 1 aliphatic heterocycles. The van der Waals surface area contributed by atoms with Crippen molar-refractivity contribution in [2.24, 2.45) is 11.3 Å². The van der Waals surface area contributed by atoms with Crippen molar-refractivity contribution < 1.29 is 19.4 Å². The fraction of sp³-hybridized carbons (Fsp3) is 0.600. The molecule has 0 aromatic rings. The quantitative estimate of drug-likeness (QED) is 0.843. The van der Waals surface area contributed by atoms with Gasteiger partial charge in [-0.15, -0.1) is 0 Å². The van der Waals surface area contributed by atoms with Gasteiger partial charge in [-0.3, -0.25) is 9.69 Å². The zero-order chi connectivity index (χ0) is 14.8. The number of carbonyl (C=O) groups is 2. The molecule has 1 saturated carbocycles. The molecular weight excluding hydrogens is 258 g/mol. The zero-order valence-corrected chi connectivity index (χ0v) is 12.0. The third-order valence-corrected chi connectivity index (χ3v) is 4.42. The summed E-state index contributed by atoms with van der Waals surface area (Å²) in [7, 11) is 1.32. The van der Waals surface area contributed by atoms with E-state index in [2.05, 4.69) is 4.74 Å². The summed E-state index contributed by atoms with van der Waals surface area (Å²) in [6, 6.07) is 0. The van der Waals surface area contributed by atoms with E-state index in [0.717, 1.165) is 24.8 Å². The first-order valence-electron chi connectivity index (χ1n) is 6.97. The fourth-order valence-electron chi connectivity index (χ4n) is 3.35. The summed E-state index contributed by atoms with van der Waals surface area (Å²) in [6.07, 6.45) is 9.04. The molecular formula is C15H21NO4. The molecule has 5 heteroatoms. The SMILES string of the molecule is COC(=O)N1C=CC(C2(C(=O)O)CCCCC2)C(C)=C1. The average Bonchev–Trinajstić information content (AvgIpc) is 2.46. The Morgan fingerprint density at radius 3 is 2.50 bits per heavy atom. The van der Waals surface area contributed by atoms with Gasteiger partial charge in [-0.1, -0.05) is 25.3 Å². The predicted molar refractivity (Wildman–Crippen MR) is 73.8 cm³/mol. The van der Waals surface area contributed by atoms with Crippen molar-refractivity contribution in [1.82, 2.24) is 4.90 Å². The Morgan fingerprint density at radius 1 is 1.35 bits per heavy atom. The molecule has 0 spiro atoms. The highest BCUT2D eigenvalue weighted by atomic mass is 16.5. The number of hydrogen-bond donors (Lipinski definition) is 1. The monoisotopic (exact) mass is 279 g/mol. The molecule has 0 radical (unpaired) electrons. The number of ether oxygens (including phenoxy) is 1. The second kappa shape index (κ2) is 5.69. The van der Waals surface area contributed by atoms with Crippen molar-refractivity contribution in [3.63, 3.8) is 0 Å². The van der Waals surface area contributed by atoms with Gasteiger partial charge in [-0.05, 0) is 25.3 Å². The molecule has 0 bridgehead atoms. The first-order chi connectivity index (χ1) is 9.51. The van der Waals surface area contributed by atoms with E-state index in [4.69, 9.17) is 0 Å². The minimum atomic E-state index is -0.730. The molecule has 1 heterocycles. The number of carboxylic acids is 1. The Hall–Kier alpha value is -1.78. The van der Waals surface area contributed by atoms with E-state index in [1.54, 1.807) is 12.4 Å². The summed E-state index contributed by atoms with van der Waals surface area (Å²) in [4.78, 5) is 24.7.